The fourth-order valence-electron chi connectivity index (χ4n) is 3.86. The highest BCUT2D eigenvalue weighted by Gasteiger charge is 2.55. The quantitative estimate of drug-likeness (QED) is 0.206. The predicted molar refractivity (Wildman–Crippen MR) is 158 cm³/mol. The van der Waals surface area contributed by atoms with Crippen molar-refractivity contribution in [3.05, 3.63) is 29.8 Å². The van der Waals surface area contributed by atoms with Gasteiger partial charge in [-0.1, -0.05) is 79.0 Å². The third kappa shape index (κ3) is 7.77. The lowest BCUT2D eigenvalue weighted by atomic mass is 10.2. The van der Waals surface area contributed by atoms with Gasteiger partial charge in [0.05, 0.1) is 11.0 Å². The molecule has 3 atom stereocenters. The summed E-state index contributed by atoms with van der Waals surface area (Å²) < 4.78 is 49.9. The summed E-state index contributed by atoms with van der Waals surface area (Å²) in [7, 11) is -8.31. The second-order valence-electron chi connectivity index (χ2n) is 13.6. The minimum absolute atomic E-state index is 0.0186. The minimum Gasteiger partial charge on any atom is -0.410 e. The molecule has 0 aliphatic carbocycles. The van der Waals surface area contributed by atoms with Gasteiger partial charge in [-0.3, -0.25) is 0 Å². The van der Waals surface area contributed by atoms with Crippen LogP contribution in [0.2, 0.25) is 36.3 Å². The third-order valence-corrected chi connectivity index (χ3v) is 19.3. The summed E-state index contributed by atoms with van der Waals surface area (Å²) in [6.45, 7) is 26.9. The lowest BCUT2D eigenvalue weighted by molar-refractivity contribution is -0.0726. The highest BCUT2D eigenvalue weighted by molar-refractivity contribution is 7.89. The first kappa shape index (κ1) is 32.7. The van der Waals surface area contributed by atoms with Crippen LogP contribution in [-0.2, 0) is 23.6 Å². The van der Waals surface area contributed by atoms with Crippen molar-refractivity contribution in [2.45, 2.75) is 134 Å². The molecule has 0 aromatic heterocycles. The molecule has 0 bridgehead atoms. The number of rotatable bonds is 11. The Hall–Kier alpha value is -0.556. The number of hydrogen-bond acceptors (Lipinski definition) is 5. The molecule has 1 aliphatic rings. The molecule has 0 spiro atoms. The molecule has 2 rings (SSSR count). The van der Waals surface area contributed by atoms with Gasteiger partial charge < -0.3 is 13.6 Å². The molecule has 0 amide bonds. The van der Waals surface area contributed by atoms with Crippen LogP contribution in [0, 0.1) is 6.92 Å². The molecule has 6 nitrogen and oxygen atoms in total. The monoisotopic (exact) mass is 571 g/mol. The smallest absolute Gasteiger partial charge is 0.245 e. The van der Waals surface area contributed by atoms with E-state index in [9.17, 15) is 8.42 Å². The zero-order valence-electron chi connectivity index (χ0n) is 25.5. The fraction of sp³-hybridized carbons (Fsp3) is 0.786. The summed E-state index contributed by atoms with van der Waals surface area (Å²) >= 11 is 0. The molecule has 1 heterocycles. The molecular formula is C28H53NO5SSi2. The number of nitrogens with zero attached hydrogens (tertiary/aromatic N) is 1. The normalized spacial score (nSPS) is 22.5. The summed E-state index contributed by atoms with van der Waals surface area (Å²) in [4.78, 5) is 0.277. The van der Waals surface area contributed by atoms with Crippen LogP contribution in [0.5, 0.6) is 0 Å². The van der Waals surface area contributed by atoms with Gasteiger partial charge >= 0.3 is 0 Å². The molecule has 0 unspecified atom stereocenters. The molecule has 9 heteroatoms. The van der Waals surface area contributed by atoms with E-state index in [1.54, 1.807) is 12.1 Å². The molecule has 214 valence electrons. The number of sulfonamides is 1. The van der Waals surface area contributed by atoms with Crippen molar-refractivity contribution in [2.75, 3.05) is 13.2 Å². The summed E-state index contributed by atoms with van der Waals surface area (Å²) in [6, 6.07) is 7.05. The van der Waals surface area contributed by atoms with Gasteiger partial charge in [0.2, 0.25) is 10.0 Å². The van der Waals surface area contributed by atoms with Gasteiger partial charge in [0.15, 0.2) is 22.9 Å². The number of unbranched alkanes of at least 4 members (excludes halogenated alkanes) is 2. The summed E-state index contributed by atoms with van der Waals surface area (Å²) in [5.74, 6) is 0. The summed E-state index contributed by atoms with van der Waals surface area (Å²) in [5.41, 5.74) is 1.02. The average molecular weight is 572 g/mol. The number of hydrogen-bond donors (Lipinski definition) is 0. The molecule has 0 radical (unpaired) electrons. The molecule has 1 fully saturated rings. The van der Waals surface area contributed by atoms with Crippen LogP contribution in [0.25, 0.3) is 0 Å². The standard InChI is InChI=1S/C28H53NO5SSi2/c1-13-14-15-20-32-26-25(34-37(11,12)28(6,7)8)24(33-36(9,10)27(3,4)5)21-29(26)35(30,31)23-18-16-22(2)17-19-23/h16-19,24-26H,13-15,20-21H2,1-12H3/t24-,25-,26+/m1/s1. The van der Waals surface area contributed by atoms with Crippen LogP contribution in [0.3, 0.4) is 0 Å². The zero-order valence-corrected chi connectivity index (χ0v) is 28.3. The highest BCUT2D eigenvalue weighted by atomic mass is 32.2. The second-order valence-corrected chi connectivity index (χ2v) is 25.0. The Labute approximate surface area is 229 Å². The van der Waals surface area contributed by atoms with Gasteiger partial charge in [0.1, 0.15) is 6.10 Å². The van der Waals surface area contributed by atoms with E-state index in [4.69, 9.17) is 13.6 Å². The average Bonchev–Trinajstić information content (AvgIpc) is 3.06. The van der Waals surface area contributed by atoms with Gasteiger partial charge in [0, 0.05) is 13.2 Å². The van der Waals surface area contributed by atoms with Crippen LogP contribution in [0.15, 0.2) is 29.2 Å². The van der Waals surface area contributed by atoms with Gasteiger partial charge in [-0.05, 0) is 61.7 Å². The maximum Gasteiger partial charge on any atom is 0.245 e. The Morgan fingerprint density at radius 2 is 1.41 bits per heavy atom. The van der Waals surface area contributed by atoms with E-state index in [2.05, 4.69) is 74.7 Å². The van der Waals surface area contributed by atoms with E-state index >= 15 is 0 Å². The Kier molecular flexibility index (Phi) is 10.5. The first-order valence-electron chi connectivity index (χ1n) is 13.8. The van der Waals surface area contributed by atoms with Crippen molar-refractivity contribution in [2.24, 2.45) is 0 Å². The van der Waals surface area contributed by atoms with Crippen LogP contribution < -0.4 is 0 Å². The van der Waals surface area contributed by atoms with E-state index in [0.29, 0.717) is 6.61 Å². The minimum atomic E-state index is -3.82. The lowest BCUT2D eigenvalue weighted by Gasteiger charge is -2.43. The summed E-state index contributed by atoms with van der Waals surface area (Å²) in [5, 5.41) is -0.0558. The van der Waals surface area contributed by atoms with E-state index in [0.717, 1.165) is 24.8 Å². The molecule has 1 aromatic carbocycles. The maximum atomic E-state index is 14.0. The van der Waals surface area contributed by atoms with Crippen molar-refractivity contribution in [3.8, 4) is 0 Å². The first-order chi connectivity index (χ1) is 16.7. The number of ether oxygens (including phenoxy) is 1. The highest BCUT2D eigenvalue weighted by Crippen LogP contribution is 2.44. The van der Waals surface area contributed by atoms with Crippen LogP contribution >= 0.6 is 0 Å². The topological polar surface area (TPSA) is 65.1 Å². The van der Waals surface area contributed by atoms with Crippen molar-refractivity contribution in [3.63, 3.8) is 0 Å². The summed E-state index contributed by atoms with van der Waals surface area (Å²) in [6.07, 6.45) is 1.37. The Morgan fingerprint density at radius 1 is 0.892 bits per heavy atom. The largest absolute Gasteiger partial charge is 0.410 e. The van der Waals surface area contributed by atoms with Gasteiger partial charge in [0.25, 0.3) is 0 Å². The lowest BCUT2D eigenvalue weighted by Crippen LogP contribution is -2.53. The van der Waals surface area contributed by atoms with E-state index in [1.165, 1.54) is 4.31 Å². The Bertz CT molecular complexity index is 981. The van der Waals surface area contributed by atoms with Gasteiger partial charge in [-0.25, -0.2) is 8.42 Å². The zero-order chi connectivity index (χ0) is 28.4. The van der Waals surface area contributed by atoms with Gasteiger partial charge in [-0.15, -0.1) is 0 Å². The number of benzene rings is 1. The van der Waals surface area contributed by atoms with E-state index in [1.807, 2.05) is 19.1 Å². The van der Waals surface area contributed by atoms with Crippen molar-refractivity contribution in [1.29, 1.82) is 0 Å². The third-order valence-electron chi connectivity index (χ3n) is 8.44. The van der Waals surface area contributed by atoms with Crippen molar-refractivity contribution in [1.82, 2.24) is 4.31 Å². The molecule has 1 aromatic rings. The van der Waals surface area contributed by atoms with E-state index in [-0.39, 0.29) is 21.5 Å². The molecular weight excluding hydrogens is 519 g/mol. The molecule has 0 N–H and O–H groups in total. The molecule has 1 saturated heterocycles. The predicted octanol–water partition coefficient (Wildman–Crippen LogP) is 7.31. The molecule has 37 heavy (non-hydrogen) atoms. The first-order valence-corrected chi connectivity index (χ1v) is 21.1. The SMILES string of the molecule is CCCCCO[C@H]1[C@H](O[Si](C)(C)C(C)(C)C)[C@H](O[Si](C)(C)C(C)(C)C)CN1S(=O)(=O)c1ccc(C)cc1. The molecule has 0 saturated carbocycles. The van der Waals surface area contributed by atoms with Gasteiger partial charge in [-0.2, -0.15) is 4.31 Å². The molecule has 1 aliphatic heterocycles. The van der Waals surface area contributed by atoms with Crippen LogP contribution in [-0.4, -0.2) is 60.9 Å². The Balaban J connectivity index is 2.58. The fourth-order valence-corrected chi connectivity index (χ4v) is 8.03. The second kappa shape index (κ2) is 11.9. The number of aryl methyl sites for hydroxylation is 1. The Morgan fingerprint density at radius 3 is 1.89 bits per heavy atom. The van der Waals surface area contributed by atoms with Crippen LogP contribution in [0.1, 0.15) is 73.3 Å². The van der Waals surface area contributed by atoms with Crippen LogP contribution in [0.4, 0.5) is 0 Å². The maximum absolute atomic E-state index is 14.0. The van der Waals surface area contributed by atoms with Crippen molar-refractivity contribution < 1.29 is 22.0 Å². The van der Waals surface area contributed by atoms with Crippen molar-refractivity contribution >= 4 is 26.7 Å². The van der Waals surface area contributed by atoms with E-state index < -0.39 is 45.1 Å².